The van der Waals surface area contributed by atoms with Gasteiger partial charge in [0.2, 0.25) is 5.95 Å². The van der Waals surface area contributed by atoms with Crippen molar-refractivity contribution in [2.24, 2.45) is 0 Å². The number of amides is 2. The summed E-state index contributed by atoms with van der Waals surface area (Å²) in [6.45, 7) is 0.573. The van der Waals surface area contributed by atoms with Gasteiger partial charge in [0.25, 0.3) is 0 Å². The van der Waals surface area contributed by atoms with E-state index in [1.54, 1.807) is 0 Å². The third kappa shape index (κ3) is 3.60. The van der Waals surface area contributed by atoms with Crippen LogP contribution in [-0.2, 0) is 6.42 Å². The average Bonchev–Trinajstić information content (AvgIpc) is 2.83. The second kappa shape index (κ2) is 5.64. The van der Waals surface area contributed by atoms with Crippen LogP contribution in [0.15, 0.2) is 36.7 Å². The first-order valence-electron chi connectivity index (χ1n) is 5.29. The van der Waals surface area contributed by atoms with Crippen molar-refractivity contribution in [2.45, 2.75) is 6.42 Å². The Kier molecular flexibility index (Phi) is 3.69. The van der Waals surface area contributed by atoms with E-state index in [0.29, 0.717) is 12.5 Å². The molecule has 0 unspecified atom stereocenters. The maximum absolute atomic E-state index is 11.4. The SMILES string of the molecule is O=C(NCCc1ccccc1)Nc1ncn[nH]1. The van der Waals surface area contributed by atoms with Crippen LogP contribution in [0.1, 0.15) is 5.56 Å². The second-order valence-corrected chi connectivity index (χ2v) is 3.45. The van der Waals surface area contributed by atoms with Gasteiger partial charge < -0.3 is 5.32 Å². The Balaban J connectivity index is 1.70. The number of urea groups is 1. The maximum atomic E-state index is 11.4. The molecule has 2 aromatic rings. The van der Waals surface area contributed by atoms with Crippen molar-refractivity contribution in [3.63, 3.8) is 0 Å². The quantitative estimate of drug-likeness (QED) is 0.738. The zero-order valence-corrected chi connectivity index (χ0v) is 9.18. The number of aromatic amines is 1. The van der Waals surface area contributed by atoms with E-state index in [2.05, 4.69) is 25.8 Å². The summed E-state index contributed by atoms with van der Waals surface area (Å²) in [5.74, 6) is 0.335. The van der Waals surface area contributed by atoms with Gasteiger partial charge in [0.05, 0.1) is 0 Å². The molecule has 1 aromatic carbocycles. The Morgan fingerprint density at radius 3 is 2.82 bits per heavy atom. The Labute approximate surface area is 98.5 Å². The number of aromatic nitrogens is 3. The van der Waals surface area contributed by atoms with Gasteiger partial charge in [-0.15, -0.1) is 0 Å². The van der Waals surface area contributed by atoms with Crippen molar-refractivity contribution in [1.29, 1.82) is 0 Å². The molecule has 2 rings (SSSR count). The maximum Gasteiger partial charge on any atom is 0.321 e. The van der Waals surface area contributed by atoms with Crippen molar-refractivity contribution in [2.75, 3.05) is 11.9 Å². The summed E-state index contributed by atoms with van der Waals surface area (Å²) in [4.78, 5) is 15.2. The molecule has 3 N–H and O–H groups in total. The first kappa shape index (κ1) is 11.1. The number of hydrogen-bond acceptors (Lipinski definition) is 3. The highest BCUT2D eigenvalue weighted by molar-refractivity contribution is 5.87. The van der Waals surface area contributed by atoms with E-state index >= 15 is 0 Å². The van der Waals surface area contributed by atoms with E-state index in [9.17, 15) is 4.79 Å². The van der Waals surface area contributed by atoms with Crippen molar-refractivity contribution in [3.8, 4) is 0 Å². The molecule has 6 nitrogen and oxygen atoms in total. The minimum absolute atomic E-state index is 0.294. The summed E-state index contributed by atoms with van der Waals surface area (Å²) in [5, 5.41) is 11.4. The smallest absolute Gasteiger partial charge is 0.321 e. The lowest BCUT2D eigenvalue weighted by molar-refractivity contribution is 0.252. The third-order valence-corrected chi connectivity index (χ3v) is 2.19. The standard InChI is InChI=1S/C11H13N5O/c17-11(15-10-13-8-14-16-10)12-7-6-9-4-2-1-3-5-9/h1-5,8H,6-7H2,(H3,12,13,14,15,16,17). The Bertz CT molecular complexity index is 454. The van der Waals surface area contributed by atoms with Gasteiger partial charge in [0.1, 0.15) is 6.33 Å². The molecule has 0 saturated carbocycles. The van der Waals surface area contributed by atoms with Crippen LogP contribution in [0, 0.1) is 0 Å². The first-order chi connectivity index (χ1) is 8.34. The van der Waals surface area contributed by atoms with Gasteiger partial charge in [-0.25, -0.2) is 9.89 Å². The second-order valence-electron chi connectivity index (χ2n) is 3.45. The fraction of sp³-hybridized carbons (Fsp3) is 0.182. The van der Waals surface area contributed by atoms with Gasteiger partial charge in [-0.1, -0.05) is 30.3 Å². The molecule has 0 aliphatic rings. The van der Waals surface area contributed by atoms with Crippen LogP contribution in [0.25, 0.3) is 0 Å². The number of benzene rings is 1. The highest BCUT2D eigenvalue weighted by Crippen LogP contribution is 1.98. The normalized spacial score (nSPS) is 9.88. The monoisotopic (exact) mass is 231 g/mol. The van der Waals surface area contributed by atoms with Crippen LogP contribution in [-0.4, -0.2) is 27.8 Å². The lowest BCUT2D eigenvalue weighted by Crippen LogP contribution is -2.30. The van der Waals surface area contributed by atoms with Gasteiger partial charge in [-0.05, 0) is 12.0 Å². The lowest BCUT2D eigenvalue weighted by atomic mass is 10.1. The zero-order valence-electron chi connectivity index (χ0n) is 9.18. The lowest BCUT2D eigenvalue weighted by Gasteiger charge is -2.05. The Hall–Kier alpha value is -2.37. The minimum atomic E-state index is -0.294. The van der Waals surface area contributed by atoms with Crippen molar-refractivity contribution in [1.82, 2.24) is 20.5 Å². The summed E-state index contributed by atoms with van der Waals surface area (Å²) in [6.07, 6.45) is 2.13. The first-order valence-corrected chi connectivity index (χ1v) is 5.29. The summed E-state index contributed by atoms with van der Waals surface area (Å²) >= 11 is 0. The number of nitrogens with zero attached hydrogens (tertiary/aromatic N) is 2. The van der Waals surface area contributed by atoms with Crippen LogP contribution in [0.5, 0.6) is 0 Å². The van der Waals surface area contributed by atoms with E-state index in [4.69, 9.17) is 0 Å². The highest BCUT2D eigenvalue weighted by atomic mass is 16.2. The van der Waals surface area contributed by atoms with Crippen LogP contribution in [0.3, 0.4) is 0 Å². The predicted octanol–water partition coefficient (Wildman–Crippen LogP) is 1.17. The van der Waals surface area contributed by atoms with E-state index in [1.807, 2.05) is 30.3 Å². The van der Waals surface area contributed by atoms with E-state index in [1.165, 1.54) is 11.9 Å². The topological polar surface area (TPSA) is 82.7 Å². The summed E-state index contributed by atoms with van der Waals surface area (Å²) in [6, 6.07) is 9.67. The van der Waals surface area contributed by atoms with Crippen LogP contribution in [0.2, 0.25) is 0 Å². The molecule has 0 spiro atoms. The van der Waals surface area contributed by atoms with Gasteiger partial charge in [-0.2, -0.15) is 10.1 Å². The largest absolute Gasteiger partial charge is 0.337 e. The highest BCUT2D eigenvalue weighted by Gasteiger charge is 2.02. The van der Waals surface area contributed by atoms with Crippen LogP contribution in [0.4, 0.5) is 10.7 Å². The number of carbonyl (C=O) groups is 1. The van der Waals surface area contributed by atoms with E-state index in [0.717, 1.165) is 6.42 Å². The molecule has 2 amide bonds. The number of rotatable bonds is 4. The van der Waals surface area contributed by atoms with Crippen molar-refractivity contribution in [3.05, 3.63) is 42.2 Å². The fourth-order valence-electron chi connectivity index (χ4n) is 1.38. The molecule has 0 aliphatic carbocycles. The van der Waals surface area contributed by atoms with Gasteiger partial charge in [0.15, 0.2) is 0 Å². The molecule has 0 fully saturated rings. The number of anilines is 1. The molecule has 0 atom stereocenters. The molecule has 0 saturated heterocycles. The summed E-state index contributed by atoms with van der Waals surface area (Å²) in [5.41, 5.74) is 1.19. The number of nitrogens with one attached hydrogen (secondary N) is 3. The Morgan fingerprint density at radius 1 is 1.29 bits per heavy atom. The molecule has 6 heteroatoms. The number of H-pyrrole nitrogens is 1. The predicted molar refractivity (Wildman–Crippen MR) is 63.6 cm³/mol. The van der Waals surface area contributed by atoms with Gasteiger partial charge in [0, 0.05) is 6.54 Å². The Morgan fingerprint density at radius 2 is 2.12 bits per heavy atom. The molecule has 0 bridgehead atoms. The molecule has 0 radical (unpaired) electrons. The van der Waals surface area contributed by atoms with E-state index in [-0.39, 0.29) is 6.03 Å². The van der Waals surface area contributed by atoms with Crippen LogP contribution < -0.4 is 10.6 Å². The number of hydrogen-bond donors (Lipinski definition) is 3. The minimum Gasteiger partial charge on any atom is -0.337 e. The van der Waals surface area contributed by atoms with Gasteiger partial charge in [-0.3, -0.25) is 5.32 Å². The molecular formula is C11H13N5O. The van der Waals surface area contributed by atoms with Crippen molar-refractivity contribution < 1.29 is 4.79 Å². The molecule has 0 aliphatic heterocycles. The van der Waals surface area contributed by atoms with Gasteiger partial charge >= 0.3 is 6.03 Å². The molecule has 1 heterocycles. The zero-order chi connectivity index (χ0) is 11.9. The fourth-order valence-corrected chi connectivity index (χ4v) is 1.38. The summed E-state index contributed by atoms with van der Waals surface area (Å²) < 4.78 is 0. The molecule has 88 valence electrons. The number of carbonyl (C=O) groups excluding carboxylic acids is 1. The van der Waals surface area contributed by atoms with Crippen LogP contribution >= 0.6 is 0 Å². The average molecular weight is 231 g/mol. The molecule has 17 heavy (non-hydrogen) atoms. The summed E-state index contributed by atoms with van der Waals surface area (Å²) in [7, 11) is 0. The van der Waals surface area contributed by atoms with Crippen molar-refractivity contribution >= 4 is 12.0 Å². The molecule has 1 aromatic heterocycles. The van der Waals surface area contributed by atoms with E-state index < -0.39 is 0 Å². The third-order valence-electron chi connectivity index (χ3n) is 2.19. The molecular weight excluding hydrogens is 218 g/mol.